The molecule has 9 heteroatoms. The SMILES string of the molecule is NNC(=O)c1ccc(C(F)(F)F)c([N+](=O)[O-])c1. The maximum Gasteiger partial charge on any atom is 0.422 e. The van der Waals surface area contributed by atoms with E-state index >= 15 is 0 Å². The molecule has 1 aromatic carbocycles. The molecule has 0 spiro atoms. The maximum atomic E-state index is 12.4. The number of hydrogen-bond acceptors (Lipinski definition) is 4. The first kappa shape index (κ1) is 12.9. The highest BCUT2D eigenvalue weighted by atomic mass is 19.4. The molecule has 0 unspecified atom stereocenters. The summed E-state index contributed by atoms with van der Waals surface area (Å²) in [5.41, 5.74) is -1.28. The summed E-state index contributed by atoms with van der Waals surface area (Å²) >= 11 is 0. The lowest BCUT2D eigenvalue weighted by Crippen LogP contribution is -2.30. The minimum atomic E-state index is -4.86. The highest BCUT2D eigenvalue weighted by Gasteiger charge is 2.38. The van der Waals surface area contributed by atoms with Gasteiger partial charge in [-0.3, -0.25) is 20.3 Å². The standard InChI is InChI=1S/C8H6F3N3O3/c9-8(10,11)5-2-1-4(7(15)13-12)3-6(5)14(16)17/h1-3H,12H2,(H,13,15). The van der Waals surface area contributed by atoms with Gasteiger partial charge in [-0.25, -0.2) is 5.84 Å². The number of rotatable bonds is 2. The zero-order valence-corrected chi connectivity index (χ0v) is 8.12. The summed E-state index contributed by atoms with van der Waals surface area (Å²) in [5.74, 6) is 3.85. The predicted octanol–water partition coefficient (Wildman–Crippen LogP) is 1.22. The molecule has 92 valence electrons. The number of hydrazine groups is 1. The van der Waals surface area contributed by atoms with Crippen LogP contribution in [0, 0.1) is 10.1 Å². The molecule has 1 aromatic rings. The molecule has 17 heavy (non-hydrogen) atoms. The number of nitro benzene ring substituents is 1. The average Bonchev–Trinajstić information content (AvgIpc) is 2.25. The van der Waals surface area contributed by atoms with E-state index in [9.17, 15) is 28.1 Å². The van der Waals surface area contributed by atoms with Gasteiger partial charge in [0.15, 0.2) is 0 Å². The summed E-state index contributed by atoms with van der Waals surface area (Å²) in [7, 11) is 0. The van der Waals surface area contributed by atoms with Crippen LogP contribution in [0.3, 0.4) is 0 Å². The van der Waals surface area contributed by atoms with Crippen molar-refractivity contribution in [3.63, 3.8) is 0 Å². The van der Waals surface area contributed by atoms with Crippen LogP contribution in [0.4, 0.5) is 18.9 Å². The molecule has 0 aromatic heterocycles. The number of amides is 1. The summed E-state index contributed by atoms with van der Waals surface area (Å²) in [4.78, 5) is 20.3. The fourth-order valence-electron chi connectivity index (χ4n) is 1.15. The maximum absolute atomic E-state index is 12.4. The minimum Gasteiger partial charge on any atom is -0.290 e. The van der Waals surface area contributed by atoms with Gasteiger partial charge in [0, 0.05) is 11.6 Å². The van der Waals surface area contributed by atoms with E-state index in [4.69, 9.17) is 5.84 Å². The fraction of sp³-hybridized carbons (Fsp3) is 0.125. The third-order valence-electron chi connectivity index (χ3n) is 1.89. The number of benzene rings is 1. The Balaban J connectivity index is 3.37. The van der Waals surface area contributed by atoms with Crippen molar-refractivity contribution in [2.45, 2.75) is 6.18 Å². The molecule has 0 bridgehead atoms. The molecule has 0 aliphatic carbocycles. The van der Waals surface area contributed by atoms with E-state index in [1.54, 1.807) is 5.43 Å². The molecule has 0 aliphatic heterocycles. The van der Waals surface area contributed by atoms with Crippen LogP contribution in [0.25, 0.3) is 0 Å². The van der Waals surface area contributed by atoms with E-state index in [-0.39, 0.29) is 5.56 Å². The highest BCUT2D eigenvalue weighted by molar-refractivity contribution is 5.94. The lowest BCUT2D eigenvalue weighted by molar-refractivity contribution is -0.388. The van der Waals surface area contributed by atoms with Gasteiger partial charge in [-0.15, -0.1) is 0 Å². The van der Waals surface area contributed by atoms with Gasteiger partial charge in [0.1, 0.15) is 5.56 Å². The first-order valence-electron chi connectivity index (χ1n) is 4.14. The Morgan fingerprint density at radius 2 is 2.00 bits per heavy atom. The molecule has 0 fully saturated rings. The number of nitrogens with two attached hydrogens (primary N) is 1. The predicted molar refractivity (Wildman–Crippen MR) is 49.8 cm³/mol. The van der Waals surface area contributed by atoms with Gasteiger partial charge in [-0.2, -0.15) is 13.2 Å². The zero-order chi connectivity index (χ0) is 13.2. The van der Waals surface area contributed by atoms with Crippen molar-refractivity contribution in [1.82, 2.24) is 5.43 Å². The van der Waals surface area contributed by atoms with Crippen LogP contribution in [0.15, 0.2) is 18.2 Å². The Hall–Kier alpha value is -2.16. The number of nitro groups is 1. The van der Waals surface area contributed by atoms with E-state index in [0.29, 0.717) is 12.1 Å². The monoisotopic (exact) mass is 249 g/mol. The molecule has 1 amide bonds. The molecule has 0 aliphatic rings. The molecule has 0 radical (unpaired) electrons. The summed E-state index contributed by atoms with van der Waals surface area (Å²) in [6, 6.07) is 1.78. The fourth-order valence-corrected chi connectivity index (χ4v) is 1.15. The molecular weight excluding hydrogens is 243 g/mol. The second-order valence-corrected chi connectivity index (χ2v) is 2.96. The zero-order valence-electron chi connectivity index (χ0n) is 8.12. The molecule has 1 rings (SSSR count). The Labute approximate surface area is 92.3 Å². The number of nitrogens with zero attached hydrogens (tertiary/aromatic N) is 1. The van der Waals surface area contributed by atoms with Crippen LogP contribution < -0.4 is 11.3 Å². The smallest absolute Gasteiger partial charge is 0.290 e. The summed E-state index contributed by atoms with van der Waals surface area (Å²) in [6.45, 7) is 0. The van der Waals surface area contributed by atoms with Gasteiger partial charge in [0.2, 0.25) is 0 Å². The molecular formula is C8H6F3N3O3. The van der Waals surface area contributed by atoms with E-state index in [1.165, 1.54) is 0 Å². The van der Waals surface area contributed by atoms with Crippen molar-refractivity contribution in [1.29, 1.82) is 0 Å². The first-order valence-corrected chi connectivity index (χ1v) is 4.14. The quantitative estimate of drug-likeness (QED) is 0.356. The van der Waals surface area contributed by atoms with Gasteiger partial charge in [-0.05, 0) is 12.1 Å². The summed E-state index contributed by atoms with van der Waals surface area (Å²) < 4.78 is 37.2. The van der Waals surface area contributed by atoms with Crippen LogP contribution in [-0.4, -0.2) is 10.8 Å². The van der Waals surface area contributed by atoms with Gasteiger partial charge in [-0.1, -0.05) is 0 Å². The van der Waals surface area contributed by atoms with Crippen molar-refractivity contribution in [2.75, 3.05) is 0 Å². The molecule has 0 saturated heterocycles. The molecule has 6 nitrogen and oxygen atoms in total. The number of hydrogen-bond donors (Lipinski definition) is 2. The van der Waals surface area contributed by atoms with E-state index in [2.05, 4.69) is 0 Å². The Morgan fingerprint density at radius 1 is 1.41 bits per heavy atom. The van der Waals surface area contributed by atoms with Crippen LogP contribution >= 0.6 is 0 Å². The number of halogens is 3. The van der Waals surface area contributed by atoms with Crippen LogP contribution in [0.5, 0.6) is 0 Å². The van der Waals surface area contributed by atoms with Crippen molar-refractivity contribution in [3.05, 3.63) is 39.4 Å². The second-order valence-electron chi connectivity index (χ2n) is 2.96. The van der Waals surface area contributed by atoms with Crippen molar-refractivity contribution < 1.29 is 22.9 Å². The lowest BCUT2D eigenvalue weighted by atomic mass is 10.1. The van der Waals surface area contributed by atoms with E-state index in [1.807, 2.05) is 0 Å². The van der Waals surface area contributed by atoms with Crippen LogP contribution in [-0.2, 0) is 6.18 Å². The number of nitrogen functional groups attached to an aromatic ring is 1. The van der Waals surface area contributed by atoms with Gasteiger partial charge in [0.05, 0.1) is 4.92 Å². The number of carbonyl (C=O) groups is 1. The van der Waals surface area contributed by atoms with Crippen LogP contribution in [0.2, 0.25) is 0 Å². The summed E-state index contributed by atoms with van der Waals surface area (Å²) in [6.07, 6.45) is -4.86. The average molecular weight is 249 g/mol. The van der Waals surface area contributed by atoms with E-state index < -0.39 is 28.3 Å². The molecule has 0 heterocycles. The topological polar surface area (TPSA) is 98.3 Å². The Bertz CT molecular complexity index is 473. The lowest BCUT2D eigenvalue weighted by Gasteiger charge is -2.08. The summed E-state index contributed by atoms with van der Waals surface area (Å²) in [5, 5.41) is 10.5. The third-order valence-corrected chi connectivity index (χ3v) is 1.89. The minimum absolute atomic E-state index is 0.327. The molecule has 0 atom stereocenters. The second kappa shape index (κ2) is 4.37. The van der Waals surface area contributed by atoms with Crippen molar-refractivity contribution in [3.8, 4) is 0 Å². The molecule has 0 saturated carbocycles. The third kappa shape index (κ3) is 2.69. The number of carbonyl (C=O) groups excluding carboxylic acids is 1. The normalized spacial score (nSPS) is 11.1. The van der Waals surface area contributed by atoms with Crippen molar-refractivity contribution in [2.24, 2.45) is 5.84 Å². The Morgan fingerprint density at radius 3 is 2.41 bits per heavy atom. The Kier molecular flexibility index (Phi) is 3.32. The van der Waals surface area contributed by atoms with Gasteiger partial charge in [0.25, 0.3) is 11.6 Å². The highest BCUT2D eigenvalue weighted by Crippen LogP contribution is 2.36. The van der Waals surface area contributed by atoms with E-state index in [0.717, 1.165) is 6.07 Å². The largest absolute Gasteiger partial charge is 0.422 e. The van der Waals surface area contributed by atoms with Gasteiger partial charge >= 0.3 is 6.18 Å². The van der Waals surface area contributed by atoms with Crippen LogP contribution in [0.1, 0.15) is 15.9 Å². The van der Waals surface area contributed by atoms with Gasteiger partial charge < -0.3 is 0 Å². The number of alkyl halides is 3. The first-order chi connectivity index (χ1) is 7.77. The molecule has 3 N–H and O–H groups in total. The number of nitrogens with one attached hydrogen (secondary N) is 1. The van der Waals surface area contributed by atoms with Crippen molar-refractivity contribution >= 4 is 11.6 Å².